The molecule has 0 saturated heterocycles. The Bertz CT molecular complexity index is 2010. The zero-order valence-electron chi connectivity index (χ0n) is 25.1. The Hall–Kier alpha value is -5.12. The summed E-state index contributed by atoms with van der Waals surface area (Å²) in [5.74, 6) is -0.578. The lowest BCUT2D eigenvalue weighted by Gasteiger charge is -2.16. The van der Waals surface area contributed by atoms with Crippen molar-refractivity contribution in [3.8, 4) is 5.75 Å². The normalized spacial score (nSPS) is 11.7. The molecule has 0 amide bonds. The van der Waals surface area contributed by atoms with Crippen molar-refractivity contribution in [3.63, 3.8) is 0 Å². The zero-order chi connectivity index (χ0) is 32.1. The molecule has 0 radical (unpaired) electrons. The van der Waals surface area contributed by atoms with Crippen molar-refractivity contribution in [1.29, 1.82) is 0 Å². The van der Waals surface area contributed by atoms with E-state index in [1.807, 2.05) is 24.3 Å². The van der Waals surface area contributed by atoms with Gasteiger partial charge < -0.3 is 14.0 Å². The van der Waals surface area contributed by atoms with Crippen molar-refractivity contribution >= 4 is 45.4 Å². The number of para-hydroxylation sites is 2. The van der Waals surface area contributed by atoms with Crippen LogP contribution in [0.25, 0.3) is 32.4 Å². The maximum absolute atomic E-state index is 13.5. The van der Waals surface area contributed by atoms with Gasteiger partial charge in [0.1, 0.15) is 11.4 Å². The number of hydrogen-bond donors (Lipinski definition) is 0. The van der Waals surface area contributed by atoms with Gasteiger partial charge in [0.2, 0.25) is 0 Å². The molecule has 0 spiro atoms. The Balaban J connectivity index is 1.32. The number of carbonyl (C=O) groups excluding carboxylic acids is 2. The molecule has 11 nitrogen and oxygen atoms in total. The molecule has 3 aromatic carbocycles. The summed E-state index contributed by atoms with van der Waals surface area (Å²) >= 11 is 6.02. The van der Waals surface area contributed by atoms with E-state index in [1.165, 1.54) is 4.57 Å². The van der Waals surface area contributed by atoms with Gasteiger partial charge in [-0.2, -0.15) is 0 Å². The Morgan fingerprint density at radius 1 is 1.09 bits per heavy atom. The van der Waals surface area contributed by atoms with Crippen LogP contribution < -0.4 is 10.3 Å². The molecule has 0 aliphatic carbocycles. The van der Waals surface area contributed by atoms with E-state index in [1.54, 1.807) is 68.1 Å². The van der Waals surface area contributed by atoms with E-state index in [4.69, 9.17) is 26.6 Å². The number of halogens is 1. The summed E-state index contributed by atoms with van der Waals surface area (Å²) in [4.78, 5) is 47.2. The molecule has 0 saturated carbocycles. The SMILES string of the molecule is COc1ccc2c(c1)c(CC(=O)OCCC[C@H](CN=[N+]=[N-])c1nc3ccccc3n(C)c1=O)c(C)n2C(=O)c1ccc(Cl)cc1. The first-order chi connectivity index (χ1) is 21.7. The third kappa shape index (κ3) is 6.55. The van der Waals surface area contributed by atoms with Crippen LogP contribution >= 0.6 is 11.6 Å². The molecule has 45 heavy (non-hydrogen) atoms. The third-order valence-corrected chi connectivity index (χ3v) is 8.13. The van der Waals surface area contributed by atoms with Crippen molar-refractivity contribution in [2.45, 2.75) is 32.1 Å². The summed E-state index contributed by atoms with van der Waals surface area (Å²) < 4.78 is 14.1. The number of rotatable bonds is 11. The molecule has 5 aromatic rings. The van der Waals surface area contributed by atoms with Gasteiger partial charge in [-0.05, 0) is 85.5 Å². The standard InChI is InChI=1S/C33H31ClN6O5/c1-20-25(26-17-24(44-3)14-15-28(26)40(20)32(42)21-10-12-23(34)13-11-21)18-30(41)45-16-6-7-22(19-36-38-35)31-33(43)39(2)29-9-5-4-8-27(29)37-31/h4-5,8-15,17,22H,6-7,16,18-19H2,1-3H3/t22-/m1/s1. The number of aryl methyl sites for hydroxylation is 1. The maximum Gasteiger partial charge on any atom is 0.310 e. The van der Waals surface area contributed by atoms with E-state index in [9.17, 15) is 14.4 Å². The number of hydrogen-bond acceptors (Lipinski definition) is 7. The molecule has 1 atom stereocenters. The molecule has 2 heterocycles. The maximum atomic E-state index is 13.5. The predicted molar refractivity (Wildman–Crippen MR) is 172 cm³/mol. The topological polar surface area (TPSA) is 141 Å². The Labute approximate surface area is 263 Å². The Morgan fingerprint density at radius 2 is 1.84 bits per heavy atom. The number of esters is 1. The number of azide groups is 1. The molecule has 0 N–H and O–H groups in total. The zero-order valence-corrected chi connectivity index (χ0v) is 25.8. The average Bonchev–Trinajstić information content (AvgIpc) is 3.32. The second-order valence-electron chi connectivity index (χ2n) is 10.6. The highest BCUT2D eigenvalue weighted by atomic mass is 35.5. The van der Waals surface area contributed by atoms with Gasteiger partial charge in [0.25, 0.3) is 11.5 Å². The summed E-state index contributed by atoms with van der Waals surface area (Å²) in [6.07, 6.45) is 0.766. The monoisotopic (exact) mass is 626 g/mol. The quantitative estimate of drug-likeness (QED) is 0.0538. The lowest BCUT2D eigenvalue weighted by atomic mass is 9.99. The van der Waals surface area contributed by atoms with Crippen molar-refractivity contribution in [2.75, 3.05) is 20.3 Å². The first kappa shape index (κ1) is 31.3. The van der Waals surface area contributed by atoms with Gasteiger partial charge in [0.15, 0.2) is 0 Å². The first-order valence-corrected chi connectivity index (χ1v) is 14.7. The molecule has 0 bridgehead atoms. The number of carbonyl (C=O) groups is 2. The molecule has 0 aliphatic heterocycles. The summed E-state index contributed by atoms with van der Waals surface area (Å²) in [5.41, 5.74) is 12.7. The summed E-state index contributed by atoms with van der Waals surface area (Å²) in [6.45, 7) is 1.93. The van der Waals surface area contributed by atoms with Crippen LogP contribution in [0.5, 0.6) is 5.75 Å². The number of aromatic nitrogens is 3. The van der Waals surface area contributed by atoms with E-state index < -0.39 is 11.9 Å². The summed E-state index contributed by atoms with van der Waals surface area (Å²) in [6, 6.07) is 19.3. The molecule has 5 rings (SSSR count). The fourth-order valence-corrected chi connectivity index (χ4v) is 5.65. The van der Waals surface area contributed by atoms with Crippen LogP contribution in [0.3, 0.4) is 0 Å². The van der Waals surface area contributed by atoms with Crippen LogP contribution in [0.4, 0.5) is 0 Å². The molecular weight excluding hydrogens is 596 g/mol. The first-order valence-electron chi connectivity index (χ1n) is 14.3. The second kappa shape index (κ2) is 13.7. The number of ether oxygens (including phenoxy) is 2. The Morgan fingerprint density at radius 3 is 2.58 bits per heavy atom. The van der Waals surface area contributed by atoms with Gasteiger partial charge in [-0.1, -0.05) is 28.8 Å². The highest BCUT2D eigenvalue weighted by Gasteiger charge is 2.23. The lowest BCUT2D eigenvalue weighted by molar-refractivity contribution is -0.142. The molecule has 0 aliphatic rings. The van der Waals surface area contributed by atoms with Gasteiger partial charge in [0.05, 0.1) is 36.7 Å². The van der Waals surface area contributed by atoms with E-state index in [-0.39, 0.29) is 31.0 Å². The molecule has 230 valence electrons. The number of nitrogens with zero attached hydrogens (tertiary/aromatic N) is 6. The van der Waals surface area contributed by atoms with Crippen molar-refractivity contribution in [2.24, 2.45) is 12.2 Å². The molecule has 0 unspecified atom stereocenters. The number of benzene rings is 3. The fraction of sp³-hybridized carbons (Fsp3) is 0.273. The highest BCUT2D eigenvalue weighted by molar-refractivity contribution is 6.30. The van der Waals surface area contributed by atoms with Gasteiger partial charge in [0, 0.05) is 46.1 Å². The van der Waals surface area contributed by atoms with Crippen LogP contribution in [0.2, 0.25) is 5.02 Å². The van der Waals surface area contributed by atoms with E-state index >= 15 is 0 Å². The average molecular weight is 627 g/mol. The molecule has 12 heteroatoms. The largest absolute Gasteiger partial charge is 0.497 e. The summed E-state index contributed by atoms with van der Waals surface area (Å²) in [5, 5.41) is 4.93. The van der Waals surface area contributed by atoms with Gasteiger partial charge in [-0.3, -0.25) is 19.0 Å². The second-order valence-corrected chi connectivity index (χ2v) is 11.0. The van der Waals surface area contributed by atoms with Crippen molar-refractivity contribution in [3.05, 3.63) is 115 Å². The molecular formula is C33H31ClN6O5. The minimum atomic E-state index is -0.467. The third-order valence-electron chi connectivity index (χ3n) is 7.88. The minimum absolute atomic E-state index is 0.0488. The predicted octanol–water partition coefficient (Wildman–Crippen LogP) is 6.51. The van der Waals surface area contributed by atoms with E-state index in [0.717, 1.165) is 0 Å². The lowest BCUT2D eigenvalue weighted by Crippen LogP contribution is -2.26. The smallest absolute Gasteiger partial charge is 0.310 e. The van der Waals surface area contributed by atoms with Crippen LogP contribution in [0.15, 0.2) is 76.6 Å². The van der Waals surface area contributed by atoms with Crippen molar-refractivity contribution < 1.29 is 19.1 Å². The van der Waals surface area contributed by atoms with Gasteiger partial charge >= 0.3 is 5.97 Å². The van der Waals surface area contributed by atoms with Gasteiger partial charge in [-0.25, -0.2) is 4.98 Å². The Kier molecular flexibility index (Phi) is 9.51. The fourth-order valence-electron chi connectivity index (χ4n) is 5.52. The van der Waals surface area contributed by atoms with Crippen LogP contribution in [0, 0.1) is 6.92 Å². The van der Waals surface area contributed by atoms with Crippen LogP contribution in [0.1, 0.15) is 46.1 Å². The summed E-state index contributed by atoms with van der Waals surface area (Å²) in [7, 11) is 3.23. The number of methoxy groups -OCH3 is 1. The van der Waals surface area contributed by atoms with Crippen LogP contribution in [-0.4, -0.2) is 46.3 Å². The number of fused-ring (bicyclic) bond motifs is 2. The van der Waals surface area contributed by atoms with Crippen LogP contribution in [-0.2, 0) is 23.0 Å². The van der Waals surface area contributed by atoms with E-state index in [0.29, 0.717) is 68.1 Å². The molecule has 0 fully saturated rings. The van der Waals surface area contributed by atoms with Crippen molar-refractivity contribution in [1.82, 2.24) is 14.1 Å². The highest BCUT2D eigenvalue weighted by Crippen LogP contribution is 2.31. The molecule has 2 aromatic heterocycles. The van der Waals surface area contributed by atoms with E-state index in [2.05, 4.69) is 15.0 Å². The minimum Gasteiger partial charge on any atom is -0.497 e. The van der Waals surface area contributed by atoms with Gasteiger partial charge in [-0.15, -0.1) is 0 Å².